The van der Waals surface area contributed by atoms with Gasteiger partial charge in [-0.2, -0.15) is 0 Å². The van der Waals surface area contributed by atoms with E-state index >= 15 is 0 Å². The van der Waals surface area contributed by atoms with Crippen LogP contribution >= 0.6 is 0 Å². The first-order valence-electron chi connectivity index (χ1n) is 6.87. The molecule has 1 aliphatic rings. The summed E-state index contributed by atoms with van der Waals surface area (Å²) < 4.78 is 0. The molecule has 1 fully saturated rings. The molecule has 0 aromatic heterocycles. The lowest BCUT2D eigenvalue weighted by molar-refractivity contribution is 0.0927. The molecule has 0 bridgehead atoms. The van der Waals surface area contributed by atoms with E-state index in [0.717, 1.165) is 0 Å². The minimum atomic E-state index is -0.833. The molecule has 104 valence electrons. The van der Waals surface area contributed by atoms with Crippen molar-refractivity contribution in [3.8, 4) is 0 Å². The SMILES string of the molecule is CC(NC1CN(C(=O)O)C1)c1cccc2ccccc12. The van der Waals surface area contributed by atoms with E-state index in [-0.39, 0.29) is 12.1 Å². The van der Waals surface area contributed by atoms with Crippen molar-refractivity contribution in [2.75, 3.05) is 13.1 Å². The summed E-state index contributed by atoms with van der Waals surface area (Å²) in [7, 11) is 0. The maximum Gasteiger partial charge on any atom is 0.407 e. The van der Waals surface area contributed by atoms with Crippen LogP contribution in [0.2, 0.25) is 0 Å². The molecule has 4 nitrogen and oxygen atoms in total. The van der Waals surface area contributed by atoms with Gasteiger partial charge in [-0.25, -0.2) is 4.79 Å². The maximum absolute atomic E-state index is 10.8. The van der Waals surface area contributed by atoms with Crippen molar-refractivity contribution in [3.05, 3.63) is 48.0 Å². The second-order valence-electron chi connectivity index (χ2n) is 5.34. The Morgan fingerprint density at radius 2 is 1.95 bits per heavy atom. The number of carboxylic acid groups (broad SMARTS) is 1. The number of nitrogens with zero attached hydrogens (tertiary/aromatic N) is 1. The summed E-state index contributed by atoms with van der Waals surface area (Å²) in [5.74, 6) is 0. The van der Waals surface area contributed by atoms with Gasteiger partial charge in [-0.05, 0) is 23.3 Å². The van der Waals surface area contributed by atoms with Crippen molar-refractivity contribution >= 4 is 16.9 Å². The number of carbonyl (C=O) groups is 1. The van der Waals surface area contributed by atoms with Crippen LogP contribution in [0.3, 0.4) is 0 Å². The van der Waals surface area contributed by atoms with Crippen LogP contribution in [0.1, 0.15) is 18.5 Å². The molecule has 1 unspecified atom stereocenters. The summed E-state index contributed by atoms with van der Waals surface area (Å²) in [5.41, 5.74) is 1.26. The highest BCUT2D eigenvalue weighted by molar-refractivity contribution is 5.86. The van der Waals surface area contributed by atoms with E-state index < -0.39 is 6.09 Å². The van der Waals surface area contributed by atoms with Crippen LogP contribution in [0.5, 0.6) is 0 Å². The lowest BCUT2D eigenvalue weighted by Gasteiger charge is -2.39. The quantitative estimate of drug-likeness (QED) is 0.901. The number of benzene rings is 2. The molecule has 0 radical (unpaired) electrons. The van der Waals surface area contributed by atoms with E-state index in [1.165, 1.54) is 21.2 Å². The summed E-state index contributed by atoms with van der Waals surface area (Å²) in [6, 6.07) is 15.1. The average molecular weight is 270 g/mol. The molecule has 3 rings (SSSR count). The van der Waals surface area contributed by atoms with E-state index in [2.05, 4.69) is 42.6 Å². The summed E-state index contributed by atoms with van der Waals surface area (Å²) in [5, 5.41) is 14.8. The van der Waals surface area contributed by atoms with E-state index in [0.29, 0.717) is 13.1 Å². The van der Waals surface area contributed by atoms with Gasteiger partial charge in [-0.15, -0.1) is 0 Å². The minimum absolute atomic E-state index is 0.210. The number of likely N-dealkylation sites (tertiary alicyclic amines) is 1. The highest BCUT2D eigenvalue weighted by atomic mass is 16.4. The molecule has 1 amide bonds. The van der Waals surface area contributed by atoms with Crippen LogP contribution in [-0.4, -0.2) is 35.2 Å². The highest BCUT2D eigenvalue weighted by Crippen LogP contribution is 2.25. The predicted octanol–water partition coefficient (Wildman–Crippen LogP) is 2.85. The van der Waals surface area contributed by atoms with Gasteiger partial charge < -0.3 is 15.3 Å². The maximum atomic E-state index is 10.8. The summed E-state index contributed by atoms with van der Waals surface area (Å²) >= 11 is 0. The van der Waals surface area contributed by atoms with Crippen molar-refractivity contribution in [1.29, 1.82) is 0 Å². The molecule has 0 saturated carbocycles. The van der Waals surface area contributed by atoms with Crippen LogP contribution in [0.25, 0.3) is 10.8 Å². The van der Waals surface area contributed by atoms with E-state index in [1.54, 1.807) is 0 Å². The van der Waals surface area contributed by atoms with Crippen molar-refractivity contribution in [2.24, 2.45) is 0 Å². The fourth-order valence-corrected chi connectivity index (χ4v) is 2.81. The molecule has 1 aliphatic heterocycles. The zero-order valence-corrected chi connectivity index (χ0v) is 11.4. The first-order valence-corrected chi connectivity index (χ1v) is 6.87. The van der Waals surface area contributed by atoms with Crippen LogP contribution in [0.15, 0.2) is 42.5 Å². The third kappa shape index (κ3) is 2.34. The Bertz CT molecular complexity index is 630. The molecular weight excluding hydrogens is 252 g/mol. The molecule has 0 aliphatic carbocycles. The molecule has 1 saturated heterocycles. The smallest absolute Gasteiger partial charge is 0.407 e. The molecule has 2 aromatic rings. The Morgan fingerprint density at radius 3 is 2.70 bits per heavy atom. The molecule has 4 heteroatoms. The van der Waals surface area contributed by atoms with Crippen LogP contribution in [0.4, 0.5) is 4.79 Å². The zero-order valence-electron chi connectivity index (χ0n) is 11.4. The van der Waals surface area contributed by atoms with Gasteiger partial charge in [0, 0.05) is 25.2 Å². The molecule has 0 spiro atoms. The van der Waals surface area contributed by atoms with Gasteiger partial charge in [-0.3, -0.25) is 0 Å². The Hall–Kier alpha value is -2.07. The van der Waals surface area contributed by atoms with E-state index in [4.69, 9.17) is 5.11 Å². The van der Waals surface area contributed by atoms with Crippen LogP contribution < -0.4 is 5.32 Å². The van der Waals surface area contributed by atoms with Crippen LogP contribution in [-0.2, 0) is 0 Å². The molecule has 2 N–H and O–H groups in total. The third-order valence-corrected chi connectivity index (χ3v) is 3.93. The third-order valence-electron chi connectivity index (χ3n) is 3.93. The largest absolute Gasteiger partial charge is 0.465 e. The topological polar surface area (TPSA) is 52.6 Å². The molecule has 2 aromatic carbocycles. The highest BCUT2D eigenvalue weighted by Gasteiger charge is 2.31. The van der Waals surface area contributed by atoms with Crippen molar-refractivity contribution in [1.82, 2.24) is 10.2 Å². The number of amides is 1. The number of hydrogen-bond donors (Lipinski definition) is 2. The fraction of sp³-hybridized carbons (Fsp3) is 0.312. The Morgan fingerprint density at radius 1 is 1.25 bits per heavy atom. The molecular formula is C16H18N2O2. The lowest BCUT2D eigenvalue weighted by Crippen LogP contribution is -2.59. The van der Waals surface area contributed by atoms with E-state index in [1.807, 2.05) is 12.1 Å². The monoisotopic (exact) mass is 270 g/mol. The normalized spacial score (nSPS) is 16.9. The van der Waals surface area contributed by atoms with E-state index in [9.17, 15) is 4.79 Å². The molecule has 1 atom stereocenters. The summed E-state index contributed by atoms with van der Waals surface area (Å²) in [6.07, 6.45) is -0.833. The average Bonchev–Trinajstić information content (AvgIpc) is 2.41. The van der Waals surface area contributed by atoms with Gasteiger partial charge >= 0.3 is 6.09 Å². The van der Waals surface area contributed by atoms with Gasteiger partial charge in [0.25, 0.3) is 0 Å². The molecule has 20 heavy (non-hydrogen) atoms. The summed E-state index contributed by atoms with van der Waals surface area (Å²) in [4.78, 5) is 12.2. The first kappa shape index (κ1) is 12.9. The zero-order chi connectivity index (χ0) is 14.1. The van der Waals surface area contributed by atoms with Gasteiger partial charge in [0.2, 0.25) is 0 Å². The second-order valence-corrected chi connectivity index (χ2v) is 5.34. The Balaban J connectivity index is 1.73. The number of nitrogens with one attached hydrogen (secondary N) is 1. The van der Waals surface area contributed by atoms with Crippen LogP contribution in [0, 0.1) is 0 Å². The fourth-order valence-electron chi connectivity index (χ4n) is 2.81. The standard InChI is InChI=1S/C16H18N2O2/c1-11(17-13-9-18(10-13)16(19)20)14-8-4-6-12-5-2-3-7-15(12)14/h2-8,11,13,17H,9-10H2,1H3,(H,19,20). The van der Waals surface area contributed by atoms with Gasteiger partial charge in [0.1, 0.15) is 0 Å². The first-order chi connectivity index (χ1) is 9.65. The Labute approximate surface area is 118 Å². The van der Waals surface area contributed by atoms with Gasteiger partial charge in [-0.1, -0.05) is 42.5 Å². The van der Waals surface area contributed by atoms with Crippen molar-refractivity contribution in [3.63, 3.8) is 0 Å². The lowest BCUT2D eigenvalue weighted by atomic mass is 9.98. The second kappa shape index (κ2) is 5.13. The number of rotatable bonds is 3. The predicted molar refractivity (Wildman–Crippen MR) is 78.9 cm³/mol. The van der Waals surface area contributed by atoms with Gasteiger partial charge in [0.15, 0.2) is 0 Å². The molecule has 1 heterocycles. The summed E-state index contributed by atoms with van der Waals surface area (Å²) in [6.45, 7) is 3.28. The Kier molecular flexibility index (Phi) is 3.32. The minimum Gasteiger partial charge on any atom is -0.465 e. The van der Waals surface area contributed by atoms with Gasteiger partial charge in [0.05, 0.1) is 0 Å². The van der Waals surface area contributed by atoms with Crippen molar-refractivity contribution in [2.45, 2.75) is 19.0 Å². The number of hydrogen-bond acceptors (Lipinski definition) is 2. The number of fused-ring (bicyclic) bond motifs is 1. The van der Waals surface area contributed by atoms with Crippen molar-refractivity contribution < 1.29 is 9.90 Å².